The fourth-order valence-corrected chi connectivity index (χ4v) is 4.24. The molecule has 0 radical (unpaired) electrons. The maximum atomic E-state index is 12.4. The third-order valence-corrected chi connectivity index (χ3v) is 5.89. The second kappa shape index (κ2) is 8.99. The van der Waals surface area contributed by atoms with Gasteiger partial charge in [-0.15, -0.1) is 11.3 Å². The van der Waals surface area contributed by atoms with Crippen LogP contribution in [0.3, 0.4) is 0 Å². The highest BCUT2D eigenvalue weighted by molar-refractivity contribution is 7.09. The lowest BCUT2D eigenvalue weighted by atomic mass is 9.92. The molecule has 0 spiro atoms. The number of rotatable bonds is 7. The molecule has 1 amide bonds. The second-order valence-electron chi connectivity index (χ2n) is 6.76. The molecule has 0 unspecified atom stereocenters. The molecule has 2 heterocycles. The maximum absolute atomic E-state index is 12.4. The smallest absolute Gasteiger partial charge is 0.223 e. The lowest BCUT2D eigenvalue weighted by molar-refractivity contribution is -0.132. The number of hydrogen-bond acceptors (Lipinski definition) is 4. The van der Waals surface area contributed by atoms with Crippen molar-refractivity contribution < 1.29 is 14.3 Å². The third-order valence-electron chi connectivity index (χ3n) is 4.99. The number of nitrogens with zero attached hydrogens (tertiary/aromatic N) is 1. The topological polar surface area (TPSA) is 46.6 Å². The molecule has 0 saturated carbocycles. The van der Waals surface area contributed by atoms with Crippen LogP contribution in [0.15, 0.2) is 41.8 Å². The van der Waals surface area contributed by atoms with Crippen LogP contribution in [0.4, 0.5) is 0 Å². The number of likely N-dealkylation sites (tertiary alicyclic amines) is 1. The van der Waals surface area contributed by atoms with E-state index in [4.69, 9.17) is 4.74 Å². The lowest BCUT2D eigenvalue weighted by Crippen LogP contribution is -2.38. The van der Waals surface area contributed by atoms with E-state index in [2.05, 4.69) is 17.5 Å². The number of ketones is 1. The zero-order valence-electron chi connectivity index (χ0n) is 15.1. The normalized spacial score (nSPS) is 15.0. The van der Waals surface area contributed by atoms with Crippen molar-refractivity contribution in [3.63, 3.8) is 0 Å². The van der Waals surface area contributed by atoms with Crippen molar-refractivity contribution in [1.82, 2.24) is 4.90 Å². The number of ether oxygens (including phenoxy) is 1. The molecule has 26 heavy (non-hydrogen) atoms. The first-order valence-electron chi connectivity index (χ1n) is 9.13. The fourth-order valence-electron chi connectivity index (χ4n) is 3.42. The van der Waals surface area contributed by atoms with Gasteiger partial charge in [-0.1, -0.05) is 18.2 Å². The van der Waals surface area contributed by atoms with Gasteiger partial charge in [-0.05, 0) is 48.8 Å². The van der Waals surface area contributed by atoms with Crippen LogP contribution in [-0.4, -0.2) is 36.8 Å². The molecule has 0 aliphatic carbocycles. The van der Waals surface area contributed by atoms with Crippen LogP contribution >= 0.6 is 11.3 Å². The minimum absolute atomic E-state index is 0.00942. The van der Waals surface area contributed by atoms with Crippen LogP contribution in [0.1, 0.15) is 40.9 Å². The van der Waals surface area contributed by atoms with Gasteiger partial charge in [0.15, 0.2) is 5.78 Å². The second-order valence-corrected chi connectivity index (χ2v) is 7.80. The first kappa shape index (κ1) is 18.6. The van der Waals surface area contributed by atoms with Gasteiger partial charge in [-0.3, -0.25) is 9.59 Å². The predicted molar refractivity (Wildman–Crippen MR) is 104 cm³/mol. The van der Waals surface area contributed by atoms with Crippen molar-refractivity contribution in [3.05, 3.63) is 52.2 Å². The van der Waals surface area contributed by atoms with Crippen LogP contribution in [0.2, 0.25) is 0 Å². The quantitative estimate of drug-likeness (QED) is 0.685. The van der Waals surface area contributed by atoms with Crippen molar-refractivity contribution in [2.45, 2.75) is 32.1 Å². The number of carbonyl (C=O) groups is 2. The highest BCUT2D eigenvalue weighted by Gasteiger charge is 2.23. The third kappa shape index (κ3) is 4.94. The largest absolute Gasteiger partial charge is 0.497 e. The molecule has 0 N–H and O–H groups in total. The molecule has 0 bridgehead atoms. The molecule has 0 atom stereocenters. The molecule has 138 valence electrons. The Morgan fingerprint density at radius 1 is 1.15 bits per heavy atom. The molecule has 1 saturated heterocycles. The van der Waals surface area contributed by atoms with Crippen LogP contribution in [-0.2, 0) is 11.2 Å². The van der Waals surface area contributed by atoms with Gasteiger partial charge < -0.3 is 9.64 Å². The fraction of sp³-hybridized carbons (Fsp3) is 0.429. The van der Waals surface area contributed by atoms with Gasteiger partial charge in [0.2, 0.25) is 5.91 Å². The standard InChI is InChI=1S/C21H25NO3S/c1-25-18-5-2-4-17(15-18)20(23)7-8-21(24)22-11-9-16(10-12-22)14-19-6-3-13-26-19/h2-6,13,15-16H,7-12,14H2,1H3. The number of Topliss-reactive ketones (excluding diaryl/α,β-unsaturated/α-hetero) is 1. The summed E-state index contributed by atoms with van der Waals surface area (Å²) in [5.41, 5.74) is 0.604. The van der Waals surface area contributed by atoms with E-state index in [1.54, 1.807) is 25.3 Å². The van der Waals surface area contributed by atoms with E-state index in [9.17, 15) is 9.59 Å². The molecule has 4 nitrogen and oxygen atoms in total. The molecular formula is C21H25NO3S. The summed E-state index contributed by atoms with van der Waals surface area (Å²) in [6, 6.07) is 11.4. The van der Waals surface area contributed by atoms with Gasteiger partial charge in [0.05, 0.1) is 7.11 Å². The summed E-state index contributed by atoms with van der Waals surface area (Å²) in [6.45, 7) is 1.62. The molecular weight excluding hydrogens is 346 g/mol. The van der Waals surface area contributed by atoms with Gasteiger partial charge >= 0.3 is 0 Å². The summed E-state index contributed by atoms with van der Waals surface area (Å²) in [5, 5.41) is 2.12. The highest BCUT2D eigenvalue weighted by Crippen LogP contribution is 2.24. The van der Waals surface area contributed by atoms with E-state index in [-0.39, 0.29) is 24.5 Å². The average Bonchev–Trinajstić information content (AvgIpc) is 3.19. The van der Waals surface area contributed by atoms with Crippen molar-refractivity contribution in [2.24, 2.45) is 5.92 Å². The Kier molecular flexibility index (Phi) is 6.45. The molecule has 1 aromatic carbocycles. The van der Waals surface area contributed by atoms with Gasteiger partial charge in [-0.25, -0.2) is 0 Å². The Labute approximate surface area is 158 Å². The summed E-state index contributed by atoms with van der Waals surface area (Å²) in [7, 11) is 1.58. The number of amides is 1. The molecule has 1 aliphatic rings. The van der Waals surface area contributed by atoms with Crippen LogP contribution < -0.4 is 4.74 Å². The summed E-state index contributed by atoms with van der Waals surface area (Å²) in [5.74, 6) is 1.41. The number of thiophene rings is 1. The molecule has 1 aromatic heterocycles. The van der Waals surface area contributed by atoms with E-state index >= 15 is 0 Å². The number of methoxy groups -OCH3 is 1. The maximum Gasteiger partial charge on any atom is 0.223 e. The first-order chi connectivity index (χ1) is 12.7. The highest BCUT2D eigenvalue weighted by atomic mass is 32.1. The number of carbonyl (C=O) groups excluding carboxylic acids is 2. The van der Waals surface area contributed by atoms with E-state index in [0.717, 1.165) is 32.4 Å². The molecule has 2 aromatic rings. The van der Waals surface area contributed by atoms with Gasteiger partial charge in [0, 0.05) is 36.4 Å². The Hall–Kier alpha value is -2.14. The molecule has 5 heteroatoms. The Bertz CT molecular complexity index is 733. The van der Waals surface area contributed by atoms with Crippen LogP contribution in [0.25, 0.3) is 0 Å². The number of piperidine rings is 1. The van der Waals surface area contributed by atoms with Gasteiger partial charge in [-0.2, -0.15) is 0 Å². The van der Waals surface area contributed by atoms with E-state index in [1.807, 2.05) is 22.3 Å². The van der Waals surface area contributed by atoms with Crippen molar-refractivity contribution in [1.29, 1.82) is 0 Å². The summed E-state index contributed by atoms with van der Waals surface area (Å²) in [6.07, 6.45) is 3.75. The SMILES string of the molecule is COc1cccc(C(=O)CCC(=O)N2CCC(Cc3cccs3)CC2)c1. The predicted octanol–water partition coefficient (Wildman–Crippen LogP) is 4.20. The van der Waals surface area contributed by atoms with Gasteiger partial charge in [0.1, 0.15) is 5.75 Å². The summed E-state index contributed by atoms with van der Waals surface area (Å²) >= 11 is 1.81. The zero-order chi connectivity index (χ0) is 18.4. The van der Waals surface area contributed by atoms with E-state index < -0.39 is 0 Å². The lowest BCUT2D eigenvalue weighted by Gasteiger charge is -2.32. The average molecular weight is 372 g/mol. The first-order valence-corrected chi connectivity index (χ1v) is 10.0. The summed E-state index contributed by atoms with van der Waals surface area (Å²) in [4.78, 5) is 28.1. The Morgan fingerprint density at radius 3 is 2.65 bits per heavy atom. The van der Waals surface area contributed by atoms with Gasteiger partial charge in [0.25, 0.3) is 0 Å². The molecule has 3 rings (SSSR count). The van der Waals surface area contributed by atoms with Crippen molar-refractivity contribution >= 4 is 23.0 Å². The molecule has 1 fully saturated rings. The van der Waals surface area contributed by atoms with Crippen LogP contribution in [0, 0.1) is 5.92 Å². The monoisotopic (exact) mass is 371 g/mol. The summed E-state index contributed by atoms with van der Waals surface area (Å²) < 4.78 is 5.15. The number of hydrogen-bond donors (Lipinski definition) is 0. The van der Waals surface area contributed by atoms with Crippen molar-refractivity contribution in [3.8, 4) is 5.75 Å². The Balaban J connectivity index is 1.43. The van der Waals surface area contributed by atoms with Crippen LogP contribution in [0.5, 0.6) is 5.75 Å². The number of benzene rings is 1. The van der Waals surface area contributed by atoms with E-state index in [1.165, 1.54) is 4.88 Å². The van der Waals surface area contributed by atoms with Crippen molar-refractivity contribution in [2.75, 3.05) is 20.2 Å². The zero-order valence-corrected chi connectivity index (χ0v) is 16.0. The van der Waals surface area contributed by atoms with E-state index in [0.29, 0.717) is 17.2 Å². The Morgan fingerprint density at radius 2 is 1.96 bits per heavy atom. The minimum Gasteiger partial charge on any atom is -0.497 e. The molecule has 1 aliphatic heterocycles. The minimum atomic E-state index is -0.00942.